The summed E-state index contributed by atoms with van der Waals surface area (Å²) in [5.41, 5.74) is 6.29. The molecule has 0 unspecified atom stereocenters. The number of pyridine rings is 1. The van der Waals surface area contributed by atoms with Gasteiger partial charge in [-0.1, -0.05) is 0 Å². The number of carbonyl (C=O) groups is 1. The van der Waals surface area contributed by atoms with Crippen LogP contribution in [0.3, 0.4) is 0 Å². The quantitative estimate of drug-likeness (QED) is 0.651. The minimum absolute atomic E-state index is 0.157. The van der Waals surface area contributed by atoms with Gasteiger partial charge in [0.15, 0.2) is 0 Å². The molecule has 14 heavy (non-hydrogen) atoms. The summed E-state index contributed by atoms with van der Waals surface area (Å²) in [5, 5.41) is 0. The molecule has 4 nitrogen and oxygen atoms in total. The number of anilines is 1. The molecular formula is C9H11BrN2O2. The van der Waals surface area contributed by atoms with Crippen molar-refractivity contribution >= 4 is 27.6 Å². The topological polar surface area (TPSA) is 65.2 Å². The Labute approximate surface area is 90.6 Å². The minimum Gasteiger partial charge on any atom is -0.459 e. The number of hydrogen-bond donors (Lipinski definition) is 1. The van der Waals surface area contributed by atoms with Crippen LogP contribution in [0.1, 0.15) is 24.2 Å². The van der Waals surface area contributed by atoms with E-state index in [1.54, 1.807) is 13.8 Å². The zero-order valence-corrected chi connectivity index (χ0v) is 9.54. The van der Waals surface area contributed by atoms with E-state index in [4.69, 9.17) is 10.5 Å². The van der Waals surface area contributed by atoms with Crippen molar-refractivity contribution in [3.8, 4) is 0 Å². The van der Waals surface area contributed by atoms with Gasteiger partial charge in [0, 0.05) is 0 Å². The Kier molecular flexibility index (Phi) is 3.46. The molecule has 76 valence electrons. The number of ether oxygens (including phenoxy) is 1. The molecule has 0 fully saturated rings. The molecule has 0 saturated heterocycles. The third-order valence-electron chi connectivity index (χ3n) is 1.42. The second-order valence-corrected chi connectivity index (χ2v) is 3.81. The number of hydrogen-bond acceptors (Lipinski definition) is 4. The zero-order chi connectivity index (χ0) is 10.7. The normalized spacial score (nSPS) is 10.3. The van der Waals surface area contributed by atoms with E-state index in [1.807, 2.05) is 0 Å². The molecule has 0 amide bonds. The molecule has 0 radical (unpaired) electrons. The van der Waals surface area contributed by atoms with Crippen molar-refractivity contribution in [1.29, 1.82) is 0 Å². The fraction of sp³-hybridized carbons (Fsp3) is 0.333. The number of nitrogen functional groups attached to an aromatic ring is 1. The van der Waals surface area contributed by atoms with Gasteiger partial charge in [0.2, 0.25) is 0 Å². The van der Waals surface area contributed by atoms with Gasteiger partial charge in [0.25, 0.3) is 0 Å². The van der Waals surface area contributed by atoms with Gasteiger partial charge < -0.3 is 10.5 Å². The van der Waals surface area contributed by atoms with Crippen molar-refractivity contribution in [2.75, 3.05) is 5.73 Å². The molecule has 0 aromatic carbocycles. The molecule has 0 aliphatic carbocycles. The van der Waals surface area contributed by atoms with E-state index in [0.717, 1.165) is 0 Å². The van der Waals surface area contributed by atoms with Gasteiger partial charge in [-0.3, -0.25) is 0 Å². The second kappa shape index (κ2) is 4.41. The highest BCUT2D eigenvalue weighted by Crippen LogP contribution is 2.17. The Morgan fingerprint density at radius 2 is 2.29 bits per heavy atom. The van der Waals surface area contributed by atoms with Gasteiger partial charge in [-0.05, 0) is 35.8 Å². The van der Waals surface area contributed by atoms with Crippen LogP contribution in [0.25, 0.3) is 0 Å². The average Bonchev–Trinajstić information content (AvgIpc) is 2.08. The second-order valence-electron chi connectivity index (χ2n) is 3.06. The van der Waals surface area contributed by atoms with Gasteiger partial charge in [0.1, 0.15) is 4.60 Å². The minimum atomic E-state index is -0.424. The first kappa shape index (κ1) is 11.0. The van der Waals surface area contributed by atoms with Crippen LogP contribution in [0.2, 0.25) is 0 Å². The maximum Gasteiger partial charge on any atom is 0.341 e. The summed E-state index contributed by atoms with van der Waals surface area (Å²) in [6, 6.07) is 1.53. The highest BCUT2D eigenvalue weighted by atomic mass is 79.9. The van der Waals surface area contributed by atoms with Gasteiger partial charge in [0.05, 0.1) is 23.6 Å². The molecule has 0 spiro atoms. The molecule has 0 atom stereocenters. The van der Waals surface area contributed by atoms with Gasteiger partial charge >= 0.3 is 5.97 Å². The predicted octanol–water partition coefficient (Wildman–Crippen LogP) is 1.99. The van der Waals surface area contributed by atoms with Gasteiger partial charge in [-0.25, -0.2) is 9.78 Å². The van der Waals surface area contributed by atoms with E-state index in [9.17, 15) is 4.79 Å². The van der Waals surface area contributed by atoms with E-state index in [2.05, 4.69) is 20.9 Å². The Morgan fingerprint density at radius 1 is 1.64 bits per heavy atom. The van der Waals surface area contributed by atoms with Crippen molar-refractivity contribution in [3.63, 3.8) is 0 Å². The van der Waals surface area contributed by atoms with Crippen molar-refractivity contribution < 1.29 is 9.53 Å². The Balaban J connectivity index is 2.94. The van der Waals surface area contributed by atoms with E-state index in [1.165, 1.54) is 12.3 Å². The Hall–Kier alpha value is -1.10. The van der Waals surface area contributed by atoms with Crippen molar-refractivity contribution in [1.82, 2.24) is 4.98 Å². The zero-order valence-electron chi connectivity index (χ0n) is 7.95. The number of carbonyl (C=O) groups excluding carboxylic acids is 1. The molecule has 0 aliphatic rings. The predicted molar refractivity (Wildman–Crippen MR) is 56.9 cm³/mol. The third kappa shape index (κ3) is 2.70. The van der Waals surface area contributed by atoms with Crippen LogP contribution < -0.4 is 5.73 Å². The van der Waals surface area contributed by atoms with Crippen LogP contribution in [0.15, 0.2) is 16.9 Å². The lowest BCUT2D eigenvalue weighted by molar-refractivity contribution is 0.0376. The average molecular weight is 259 g/mol. The lowest BCUT2D eigenvalue weighted by Gasteiger charge is -2.08. The van der Waals surface area contributed by atoms with Crippen LogP contribution in [0, 0.1) is 0 Å². The van der Waals surface area contributed by atoms with Crippen molar-refractivity contribution in [3.05, 3.63) is 22.4 Å². The number of aromatic nitrogens is 1. The number of nitrogens with two attached hydrogens (primary N) is 1. The molecule has 1 aromatic rings. The summed E-state index contributed by atoms with van der Waals surface area (Å²) in [6.07, 6.45) is 1.31. The number of rotatable bonds is 2. The summed E-state index contributed by atoms with van der Waals surface area (Å²) in [4.78, 5) is 15.4. The summed E-state index contributed by atoms with van der Waals surface area (Å²) >= 11 is 3.15. The highest BCUT2D eigenvalue weighted by Gasteiger charge is 2.14. The molecule has 0 aliphatic heterocycles. The largest absolute Gasteiger partial charge is 0.459 e. The number of esters is 1. The van der Waals surface area contributed by atoms with Crippen LogP contribution in [-0.2, 0) is 4.74 Å². The summed E-state index contributed by atoms with van der Waals surface area (Å²) in [5.74, 6) is -0.424. The molecule has 1 heterocycles. The molecule has 2 N–H and O–H groups in total. The standard InChI is InChI=1S/C9H11BrN2O2/c1-5(2)14-9(13)7-3-6(11)4-12-8(7)10/h3-5H,11H2,1-2H3. The lowest BCUT2D eigenvalue weighted by atomic mass is 10.2. The molecule has 0 bridgehead atoms. The highest BCUT2D eigenvalue weighted by molar-refractivity contribution is 9.10. The summed E-state index contributed by atoms with van der Waals surface area (Å²) < 4.78 is 5.45. The summed E-state index contributed by atoms with van der Waals surface area (Å²) in [7, 11) is 0. The third-order valence-corrected chi connectivity index (χ3v) is 2.05. The fourth-order valence-corrected chi connectivity index (χ4v) is 1.26. The maximum absolute atomic E-state index is 11.5. The Morgan fingerprint density at radius 3 is 2.86 bits per heavy atom. The van der Waals surface area contributed by atoms with E-state index < -0.39 is 5.97 Å². The lowest BCUT2D eigenvalue weighted by Crippen LogP contribution is -2.13. The van der Waals surface area contributed by atoms with Gasteiger partial charge in [-0.15, -0.1) is 0 Å². The first-order valence-electron chi connectivity index (χ1n) is 4.12. The monoisotopic (exact) mass is 258 g/mol. The number of halogens is 1. The van der Waals surface area contributed by atoms with Gasteiger partial charge in [-0.2, -0.15) is 0 Å². The number of nitrogens with zero attached hydrogens (tertiary/aromatic N) is 1. The molecule has 1 aromatic heterocycles. The molecule has 0 saturated carbocycles. The first-order valence-corrected chi connectivity index (χ1v) is 4.92. The SMILES string of the molecule is CC(C)OC(=O)c1cc(N)cnc1Br. The smallest absolute Gasteiger partial charge is 0.341 e. The van der Waals surface area contributed by atoms with Crippen molar-refractivity contribution in [2.45, 2.75) is 20.0 Å². The fourth-order valence-electron chi connectivity index (χ4n) is 0.885. The molecule has 1 rings (SSSR count). The Bertz CT molecular complexity index is 353. The van der Waals surface area contributed by atoms with E-state index >= 15 is 0 Å². The van der Waals surface area contributed by atoms with Crippen molar-refractivity contribution in [2.24, 2.45) is 0 Å². The molecule has 5 heteroatoms. The van der Waals surface area contributed by atoms with Crippen LogP contribution in [-0.4, -0.2) is 17.1 Å². The van der Waals surface area contributed by atoms with Crippen LogP contribution in [0.4, 0.5) is 5.69 Å². The summed E-state index contributed by atoms with van der Waals surface area (Å²) in [6.45, 7) is 3.57. The first-order chi connectivity index (χ1) is 6.50. The maximum atomic E-state index is 11.5. The van der Waals surface area contributed by atoms with E-state index in [-0.39, 0.29) is 6.10 Å². The molecular weight excluding hydrogens is 248 g/mol. The van der Waals surface area contributed by atoms with Crippen LogP contribution in [0.5, 0.6) is 0 Å². The van der Waals surface area contributed by atoms with E-state index in [0.29, 0.717) is 15.9 Å². The van der Waals surface area contributed by atoms with Crippen LogP contribution >= 0.6 is 15.9 Å².